The molecule has 0 heterocycles. The molecule has 0 spiro atoms. The van der Waals surface area contributed by atoms with Gasteiger partial charge in [-0.25, -0.2) is 43.5 Å². The molecule has 34 heteroatoms. The van der Waals surface area contributed by atoms with Crippen molar-refractivity contribution in [2.24, 2.45) is 0 Å². The number of hydrogen-bond donors (Lipinski definition) is 2. The standard InChI is InChI=1S/C20H9F18NO11S4/c21-8-5-6-10(9(22)7-8)51(40,41)19(35,36)17(31,32)49-15(27,28)13(23,24)14(25,26)16(29,30)50-18(33,34)20(37,38)54(47,48)39-52(42,43)11-3-1-2-4-12(11)53(44,45)46/h1-7,39H,(H,44,45,46). The molecule has 2 aromatic rings. The first-order valence-electron chi connectivity index (χ1n) is 12.0. The molecule has 2 aromatic carbocycles. The van der Waals surface area contributed by atoms with Crippen molar-refractivity contribution in [1.29, 1.82) is 0 Å². The van der Waals surface area contributed by atoms with Crippen LogP contribution in [0.25, 0.3) is 0 Å². The van der Waals surface area contributed by atoms with Gasteiger partial charge in [0, 0.05) is 6.07 Å². The number of alkyl halides is 16. The number of rotatable bonds is 16. The summed E-state index contributed by atoms with van der Waals surface area (Å²) in [7, 11) is -28.1. The lowest BCUT2D eigenvalue weighted by Gasteiger charge is -2.38. The normalized spacial score (nSPS) is 15.4. The van der Waals surface area contributed by atoms with Crippen molar-refractivity contribution in [2.45, 2.75) is 61.5 Å². The number of hydrogen-bond acceptors (Lipinski definition) is 10. The molecule has 0 radical (unpaired) electrons. The second kappa shape index (κ2) is 13.5. The lowest BCUT2D eigenvalue weighted by atomic mass is 10.1. The zero-order valence-corrected chi connectivity index (χ0v) is 27.3. The summed E-state index contributed by atoms with van der Waals surface area (Å²) < 4.78 is 357. The Morgan fingerprint density at radius 2 is 0.907 bits per heavy atom. The Bertz CT molecular complexity index is 2230. The number of sulfone groups is 1. The molecule has 0 unspecified atom stereocenters. The molecule has 0 bridgehead atoms. The van der Waals surface area contributed by atoms with E-state index in [0.29, 0.717) is 12.1 Å². The summed E-state index contributed by atoms with van der Waals surface area (Å²) in [6.07, 6.45) is -32.9. The fourth-order valence-electron chi connectivity index (χ4n) is 3.21. The average Bonchev–Trinajstić information content (AvgIpc) is 2.94. The summed E-state index contributed by atoms with van der Waals surface area (Å²) in [5.74, 6) is -22.1. The monoisotopic (exact) mass is 909 g/mol. The average molecular weight is 910 g/mol. The smallest absolute Gasteiger partial charge is 0.282 e. The highest BCUT2D eigenvalue weighted by molar-refractivity contribution is 8.05. The van der Waals surface area contributed by atoms with Gasteiger partial charge in [0.25, 0.3) is 40.0 Å². The SMILES string of the molecule is O=S(=O)(O)c1ccccc1S(=O)(=O)NS(=O)(=O)C(F)(F)C(F)(F)OC(F)(F)C(F)(F)C(F)(F)C(F)(F)OC(F)(F)C(F)(F)S(=O)(=O)c1ccc(F)cc1F. The van der Waals surface area contributed by atoms with E-state index in [2.05, 4.69) is 0 Å². The van der Waals surface area contributed by atoms with Crippen molar-refractivity contribution < 1.29 is 127 Å². The van der Waals surface area contributed by atoms with Gasteiger partial charge in [0.2, 0.25) is 0 Å². The largest absolute Gasteiger partial charge is 0.449 e. The first-order valence-corrected chi connectivity index (χ1v) is 17.9. The van der Waals surface area contributed by atoms with Crippen LogP contribution >= 0.6 is 0 Å². The predicted molar refractivity (Wildman–Crippen MR) is 131 cm³/mol. The topological polar surface area (TPSA) is 187 Å². The van der Waals surface area contributed by atoms with Gasteiger partial charge >= 0.3 is 46.8 Å². The van der Waals surface area contributed by atoms with Crippen LogP contribution in [0.5, 0.6) is 0 Å². The Morgan fingerprint density at radius 1 is 0.519 bits per heavy atom. The third-order valence-corrected chi connectivity index (χ3v) is 12.3. The van der Waals surface area contributed by atoms with E-state index in [9.17, 15) is 113 Å². The van der Waals surface area contributed by atoms with Crippen LogP contribution in [0.4, 0.5) is 79.0 Å². The molecule has 0 saturated heterocycles. The number of halogens is 18. The fraction of sp³-hybridized carbons (Fsp3) is 0.400. The third-order valence-electron chi connectivity index (χ3n) is 5.81. The van der Waals surface area contributed by atoms with Gasteiger partial charge in [0.1, 0.15) is 26.3 Å². The van der Waals surface area contributed by atoms with Crippen LogP contribution in [0.2, 0.25) is 0 Å². The molecule has 0 aliphatic rings. The van der Waals surface area contributed by atoms with Crippen LogP contribution in [0.15, 0.2) is 57.2 Å². The van der Waals surface area contributed by atoms with E-state index in [0.717, 1.165) is 0 Å². The van der Waals surface area contributed by atoms with Crippen LogP contribution in [0.1, 0.15) is 0 Å². The molecule has 0 aliphatic carbocycles. The quantitative estimate of drug-likeness (QED) is 0.129. The molecule has 0 amide bonds. The van der Waals surface area contributed by atoms with Gasteiger partial charge in [-0.3, -0.25) is 4.55 Å². The minimum atomic E-state index is -8.78. The van der Waals surface area contributed by atoms with Crippen molar-refractivity contribution in [3.63, 3.8) is 0 Å². The van der Waals surface area contributed by atoms with Crippen molar-refractivity contribution in [3.8, 4) is 0 Å². The molecule has 0 aliphatic heterocycles. The van der Waals surface area contributed by atoms with Crippen molar-refractivity contribution in [3.05, 3.63) is 54.1 Å². The number of nitrogens with one attached hydrogen (secondary N) is 1. The number of ether oxygens (including phenoxy) is 2. The van der Waals surface area contributed by atoms with Crippen molar-refractivity contribution in [2.75, 3.05) is 0 Å². The predicted octanol–water partition coefficient (Wildman–Crippen LogP) is 5.15. The van der Waals surface area contributed by atoms with Gasteiger partial charge in [-0.15, -0.1) is 0 Å². The van der Waals surface area contributed by atoms with Gasteiger partial charge < -0.3 is 0 Å². The van der Waals surface area contributed by atoms with Crippen LogP contribution in [-0.4, -0.2) is 85.0 Å². The van der Waals surface area contributed by atoms with Gasteiger partial charge in [-0.2, -0.15) is 78.7 Å². The van der Waals surface area contributed by atoms with E-state index in [1.54, 1.807) is 0 Å². The van der Waals surface area contributed by atoms with Gasteiger partial charge in [0.05, 0.1) is 0 Å². The Kier molecular flexibility index (Phi) is 11.7. The number of benzene rings is 2. The van der Waals surface area contributed by atoms with Gasteiger partial charge in [-0.05, 0) is 24.3 Å². The maximum absolute atomic E-state index is 14.3. The van der Waals surface area contributed by atoms with Crippen LogP contribution in [-0.2, 0) is 49.5 Å². The maximum Gasteiger partial charge on any atom is 0.449 e. The second-order valence-electron chi connectivity index (χ2n) is 9.54. The van der Waals surface area contributed by atoms with Crippen LogP contribution in [0.3, 0.4) is 0 Å². The van der Waals surface area contributed by atoms with Crippen LogP contribution < -0.4 is 4.13 Å². The van der Waals surface area contributed by atoms with Gasteiger partial charge in [-0.1, -0.05) is 16.3 Å². The van der Waals surface area contributed by atoms with Crippen LogP contribution in [0, 0.1) is 11.6 Å². The first kappa shape index (κ1) is 47.0. The summed E-state index contributed by atoms with van der Waals surface area (Å²) in [4.78, 5) is -6.80. The van der Waals surface area contributed by atoms with E-state index >= 15 is 0 Å². The number of sulfonamides is 2. The fourth-order valence-corrected chi connectivity index (χ4v) is 8.50. The zero-order valence-electron chi connectivity index (χ0n) is 24.0. The van der Waals surface area contributed by atoms with Crippen molar-refractivity contribution in [1.82, 2.24) is 4.13 Å². The second-order valence-corrected chi connectivity index (χ2v) is 16.5. The van der Waals surface area contributed by atoms with E-state index in [1.807, 2.05) is 0 Å². The highest BCUT2D eigenvalue weighted by atomic mass is 32.3. The van der Waals surface area contributed by atoms with E-state index < -0.39 is 129 Å². The molecule has 12 nitrogen and oxygen atoms in total. The Hall–Kier alpha value is -3.18. The molecule has 0 saturated carbocycles. The summed E-state index contributed by atoms with van der Waals surface area (Å²) >= 11 is 0. The summed E-state index contributed by atoms with van der Waals surface area (Å²) in [6, 6.07) is -0.561. The molecule has 2 N–H and O–H groups in total. The molecular weight excluding hydrogens is 900 g/mol. The molecule has 0 fully saturated rings. The Balaban J connectivity index is 2.54. The molecule has 2 rings (SSSR count). The summed E-state index contributed by atoms with van der Waals surface area (Å²) in [6.45, 7) is 0. The lowest BCUT2D eigenvalue weighted by molar-refractivity contribution is -0.523. The van der Waals surface area contributed by atoms with E-state index in [1.165, 1.54) is 9.47 Å². The highest BCUT2D eigenvalue weighted by Crippen LogP contribution is 2.58. The lowest BCUT2D eigenvalue weighted by Crippen LogP contribution is -2.68. The third kappa shape index (κ3) is 7.78. The molecule has 0 atom stereocenters. The zero-order chi connectivity index (χ0) is 43.0. The molecular formula is C20H9F18NO11S4. The Morgan fingerprint density at radius 3 is 1.30 bits per heavy atom. The molecule has 310 valence electrons. The summed E-state index contributed by atoms with van der Waals surface area (Å²) in [5.41, 5.74) is 0. The minimum Gasteiger partial charge on any atom is -0.282 e. The van der Waals surface area contributed by atoms with E-state index in [4.69, 9.17) is 4.55 Å². The van der Waals surface area contributed by atoms with E-state index in [-0.39, 0.29) is 18.2 Å². The highest BCUT2D eigenvalue weighted by Gasteiger charge is 2.87. The molecule has 0 aromatic heterocycles. The Labute approximate surface area is 286 Å². The summed E-state index contributed by atoms with van der Waals surface area (Å²) in [5, 5.41) is -15.4. The maximum atomic E-state index is 14.3. The van der Waals surface area contributed by atoms with Crippen molar-refractivity contribution >= 4 is 40.0 Å². The minimum absolute atomic E-state index is 0.0668. The first-order chi connectivity index (χ1) is 23.5. The molecule has 54 heavy (non-hydrogen) atoms. The van der Waals surface area contributed by atoms with Gasteiger partial charge in [0.15, 0.2) is 0 Å².